The molecule has 4 rings (SSSR count). The molecule has 2 heterocycles. The molecule has 1 saturated carbocycles. The number of hydrogen-bond donors (Lipinski definition) is 0. The van der Waals surface area contributed by atoms with E-state index in [2.05, 4.69) is 33.2 Å². The second-order valence-corrected chi connectivity index (χ2v) is 6.60. The number of ether oxygens (including phenoxy) is 1. The van der Waals surface area contributed by atoms with Gasteiger partial charge in [0.15, 0.2) is 0 Å². The molecule has 26 heavy (non-hydrogen) atoms. The Kier molecular flexibility index (Phi) is 4.65. The zero-order chi connectivity index (χ0) is 17.8. The summed E-state index contributed by atoms with van der Waals surface area (Å²) in [5.74, 6) is 0.783. The highest BCUT2D eigenvalue weighted by atomic mass is 16.5. The molecule has 5 nitrogen and oxygen atoms in total. The number of nitriles is 1. The van der Waals surface area contributed by atoms with E-state index >= 15 is 0 Å². The molecule has 1 fully saturated rings. The Bertz CT molecular complexity index is 856. The molecule has 0 bridgehead atoms. The van der Waals surface area contributed by atoms with E-state index in [1.807, 2.05) is 18.2 Å². The summed E-state index contributed by atoms with van der Waals surface area (Å²) in [4.78, 5) is 11.0. The number of hydrogen-bond acceptors (Lipinski definition) is 5. The summed E-state index contributed by atoms with van der Waals surface area (Å²) >= 11 is 0. The summed E-state index contributed by atoms with van der Waals surface area (Å²) in [6.45, 7) is 0.875. The van der Waals surface area contributed by atoms with Gasteiger partial charge in [-0.2, -0.15) is 5.26 Å². The van der Waals surface area contributed by atoms with Gasteiger partial charge in [-0.1, -0.05) is 25.0 Å². The van der Waals surface area contributed by atoms with Crippen molar-refractivity contribution in [3.05, 3.63) is 66.3 Å². The molecule has 0 atom stereocenters. The second-order valence-electron chi connectivity index (χ2n) is 6.60. The molecule has 1 aromatic heterocycles. The van der Waals surface area contributed by atoms with Gasteiger partial charge in [-0.05, 0) is 42.7 Å². The van der Waals surface area contributed by atoms with Crippen LogP contribution < -0.4 is 4.74 Å². The molecule has 0 saturated heterocycles. The molecule has 0 unspecified atom stereocenters. The van der Waals surface area contributed by atoms with Gasteiger partial charge in [-0.15, -0.1) is 0 Å². The van der Waals surface area contributed by atoms with Crippen molar-refractivity contribution in [3.8, 4) is 23.2 Å². The number of allylic oxidation sites excluding steroid dienone is 1. The van der Waals surface area contributed by atoms with Crippen molar-refractivity contribution in [3.63, 3.8) is 0 Å². The fourth-order valence-electron chi connectivity index (χ4n) is 3.44. The zero-order valence-electron chi connectivity index (χ0n) is 14.5. The number of aromatic nitrogens is 2. The first-order valence-corrected chi connectivity index (χ1v) is 8.96. The Morgan fingerprint density at radius 2 is 1.77 bits per heavy atom. The van der Waals surface area contributed by atoms with E-state index in [1.54, 1.807) is 24.5 Å². The van der Waals surface area contributed by atoms with E-state index in [0.29, 0.717) is 17.6 Å². The van der Waals surface area contributed by atoms with Crippen molar-refractivity contribution in [1.82, 2.24) is 14.9 Å². The summed E-state index contributed by atoms with van der Waals surface area (Å²) in [6, 6.07) is 10.5. The minimum Gasteiger partial charge on any atom is -0.425 e. The quantitative estimate of drug-likeness (QED) is 0.837. The van der Waals surface area contributed by atoms with Crippen LogP contribution in [0.15, 0.2) is 60.8 Å². The Labute approximate surface area is 153 Å². The van der Waals surface area contributed by atoms with Gasteiger partial charge in [0.25, 0.3) is 0 Å². The summed E-state index contributed by atoms with van der Waals surface area (Å²) in [7, 11) is 0. The molecule has 1 aliphatic carbocycles. The Morgan fingerprint density at radius 3 is 2.38 bits per heavy atom. The molecule has 0 spiro atoms. The Morgan fingerprint density at radius 1 is 1.04 bits per heavy atom. The molecule has 2 aliphatic rings. The van der Waals surface area contributed by atoms with Crippen molar-refractivity contribution in [2.24, 2.45) is 0 Å². The van der Waals surface area contributed by atoms with Gasteiger partial charge >= 0.3 is 6.01 Å². The predicted molar refractivity (Wildman–Crippen MR) is 99.0 cm³/mol. The third-order valence-electron chi connectivity index (χ3n) is 4.91. The zero-order valence-corrected chi connectivity index (χ0v) is 14.5. The highest BCUT2D eigenvalue weighted by molar-refractivity contribution is 5.62. The van der Waals surface area contributed by atoms with Crippen LogP contribution in [0.4, 0.5) is 0 Å². The Balaban J connectivity index is 1.38. The Hall–Kier alpha value is -3.13. The minimum atomic E-state index is 0.340. The van der Waals surface area contributed by atoms with Crippen LogP contribution in [0.25, 0.3) is 11.1 Å². The van der Waals surface area contributed by atoms with Crippen LogP contribution in [0.2, 0.25) is 0 Å². The number of nitrogens with zero attached hydrogens (tertiary/aromatic N) is 4. The van der Waals surface area contributed by atoms with Crippen LogP contribution in [0.5, 0.6) is 6.01 Å². The smallest absolute Gasteiger partial charge is 0.321 e. The fraction of sp³-hybridized carbons (Fsp3) is 0.286. The second kappa shape index (κ2) is 7.40. The molecule has 0 amide bonds. The van der Waals surface area contributed by atoms with E-state index < -0.39 is 0 Å². The van der Waals surface area contributed by atoms with E-state index in [9.17, 15) is 0 Å². The third kappa shape index (κ3) is 3.60. The van der Waals surface area contributed by atoms with E-state index in [0.717, 1.165) is 23.4 Å². The molecular weight excluding hydrogens is 324 g/mol. The molecule has 130 valence electrons. The van der Waals surface area contributed by atoms with Gasteiger partial charge < -0.3 is 9.64 Å². The SMILES string of the molecule is N#Cc1ccc(-c2cnc(OC3=CCN(C4CCCC4)C=C3)nc2)cc1. The first kappa shape index (κ1) is 16.3. The maximum Gasteiger partial charge on any atom is 0.321 e. The largest absolute Gasteiger partial charge is 0.425 e. The lowest BCUT2D eigenvalue weighted by Gasteiger charge is -2.28. The lowest BCUT2D eigenvalue weighted by atomic mass is 10.1. The van der Waals surface area contributed by atoms with Crippen LogP contribution in [0.3, 0.4) is 0 Å². The topological polar surface area (TPSA) is 62.0 Å². The van der Waals surface area contributed by atoms with Crippen molar-refractivity contribution in [2.45, 2.75) is 31.7 Å². The summed E-state index contributed by atoms with van der Waals surface area (Å²) in [6.07, 6.45) is 14.9. The van der Waals surface area contributed by atoms with Gasteiger partial charge in [0, 0.05) is 36.7 Å². The van der Waals surface area contributed by atoms with Gasteiger partial charge in [-0.3, -0.25) is 0 Å². The monoisotopic (exact) mass is 344 g/mol. The summed E-state index contributed by atoms with van der Waals surface area (Å²) in [5.41, 5.74) is 2.50. The predicted octanol–water partition coefficient (Wildman–Crippen LogP) is 4.05. The van der Waals surface area contributed by atoms with Crippen molar-refractivity contribution in [2.75, 3.05) is 6.54 Å². The molecule has 1 aromatic carbocycles. The molecular formula is C21H20N4O. The van der Waals surface area contributed by atoms with Crippen LogP contribution in [-0.2, 0) is 0 Å². The first-order valence-electron chi connectivity index (χ1n) is 8.96. The van der Waals surface area contributed by atoms with Gasteiger partial charge in [-0.25, -0.2) is 9.97 Å². The van der Waals surface area contributed by atoms with Crippen LogP contribution in [-0.4, -0.2) is 27.5 Å². The maximum absolute atomic E-state index is 8.86. The van der Waals surface area contributed by atoms with Crippen molar-refractivity contribution >= 4 is 0 Å². The highest BCUT2D eigenvalue weighted by Crippen LogP contribution is 2.26. The molecule has 1 aliphatic heterocycles. The lowest BCUT2D eigenvalue weighted by molar-refractivity contribution is 0.292. The van der Waals surface area contributed by atoms with Gasteiger partial charge in [0.05, 0.1) is 11.6 Å². The van der Waals surface area contributed by atoms with Gasteiger partial charge in [0.1, 0.15) is 5.76 Å². The molecule has 2 aromatic rings. The van der Waals surface area contributed by atoms with E-state index in [1.165, 1.54) is 25.7 Å². The average Bonchev–Trinajstić information content (AvgIpc) is 3.24. The summed E-state index contributed by atoms with van der Waals surface area (Å²) in [5, 5.41) is 8.86. The number of rotatable bonds is 4. The van der Waals surface area contributed by atoms with Crippen molar-refractivity contribution < 1.29 is 4.74 Å². The first-order chi connectivity index (χ1) is 12.8. The minimum absolute atomic E-state index is 0.340. The van der Waals surface area contributed by atoms with E-state index in [-0.39, 0.29) is 0 Å². The van der Waals surface area contributed by atoms with Crippen LogP contribution in [0, 0.1) is 11.3 Å². The molecule has 0 N–H and O–H groups in total. The normalized spacial score (nSPS) is 17.0. The van der Waals surface area contributed by atoms with Crippen molar-refractivity contribution in [1.29, 1.82) is 5.26 Å². The van der Waals surface area contributed by atoms with Gasteiger partial charge in [0.2, 0.25) is 0 Å². The standard InChI is InChI=1S/C21H20N4O/c22-13-16-5-7-17(8-6-16)18-14-23-21(24-15-18)26-20-9-11-25(12-10-20)19-3-1-2-4-19/h5-11,14-15,19H,1-4,12H2. The van der Waals surface area contributed by atoms with E-state index in [4.69, 9.17) is 10.00 Å². The molecule has 5 heteroatoms. The maximum atomic E-state index is 8.86. The lowest BCUT2D eigenvalue weighted by Crippen LogP contribution is -2.30. The van der Waals surface area contributed by atoms with Crippen LogP contribution >= 0.6 is 0 Å². The third-order valence-corrected chi connectivity index (χ3v) is 4.91. The van der Waals surface area contributed by atoms with Crippen LogP contribution in [0.1, 0.15) is 31.2 Å². The number of benzene rings is 1. The highest BCUT2D eigenvalue weighted by Gasteiger charge is 2.21. The fourth-order valence-corrected chi connectivity index (χ4v) is 3.44. The molecule has 0 radical (unpaired) electrons. The average molecular weight is 344 g/mol. The summed E-state index contributed by atoms with van der Waals surface area (Å²) < 4.78 is 5.78.